The number of nitrogens with zero attached hydrogens (tertiary/aromatic N) is 3. The van der Waals surface area contributed by atoms with Gasteiger partial charge in [-0.2, -0.15) is 0 Å². The molecule has 1 aliphatic heterocycles. The fourth-order valence-electron chi connectivity index (χ4n) is 4.96. The Hall–Kier alpha value is -4.96. The van der Waals surface area contributed by atoms with Crippen molar-refractivity contribution in [1.82, 2.24) is 9.97 Å². The molecule has 0 atom stereocenters. The van der Waals surface area contributed by atoms with E-state index in [0.29, 0.717) is 6.61 Å². The lowest BCUT2D eigenvalue weighted by atomic mass is 10.0. The summed E-state index contributed by atoms with van der Waals surface area (Å²) in [5.74, 6) is 0.854. The van der Waals surface area contributed by atoms with Gasteiger partial charge in [-0.1, -0.05) is 66.7 Å². The minimum Gasteiger partial charge on any atom is -0.487 e. The quantitative estimate of drug-likeness (QED) is 0.257. The van der Waals surface area contributed by atoms with E-state index in [1.54, 1.807) is 0 Å². The summed E-state index contributed by atoms with van der Waals surface area (Å²) in [6, 6.07) is 39.7. The highest BCUT2D eigenvalue weighted by atomic mass is 16.5. The van der Waals surface area contributed by atoms with Crippen molar-refractivity contribution in [2.45, 2.75) is 6.61 Å². The summed E-state index contributed by atoms with van der Waals surface area (Å²) in [6.07, 6.45) is 3.78. The maximum atomic E-state index is 6.28. The van der Waals surface area contributed by atoms with Crippen LogP contribution in [0.1, 0.15) is 5.56 Å². The Labute approximate surface area is 215 Å². The topological polar surface area (TPSA) is 38.2 Å². The van der Waals surface area contributed by atoms with E-state index in [1.165, 1.54) is 5.39 Å². The Bertz CT molecular complexity index is 1750. The molecule has 37 heavy (non-hydrogen) atoms. The summed E-state index contributed by atoms with van der Waals surface area (Å²) in [6.45, 7) is 0.494. The van der Waals surface area contributed by atoms with Gasteiger partial charge in [0.05, 0.1) is 22.8 Å². The lowest BCUT2D eigenvalue weighted by Gasteiger charge is -2.27. The van der Waals surface area contributed by atoms with Gasteiger partial charge in [0.25, 0.3) is 0 Å². The van der Waals surface area contributed by atoms with Gasteiger partial charge in [-0.3, -0.25) is 9.97 Å². The van der Waals surface area contributed by atoms with Crippen LogP contribution in [-0.4, -0.2) is 9.97 Å². The lowest BCUT2D eigenvalue weighted by Crippen LogP contribution is -2.11. The number of fused-ring (bicyclic) bond motifs is 3. The van der Waals surface area contributed by atoms with E-state index in [0.717, 1.165) is 56.3 Å². The number of ether oxygens (including phenoxy) is 1. The lowest BCUT2D eigenvalue weighted by molar-refractivity contribution is 0.310. The van der Waals surface area contributed by atoms with Crippen molar-refractivity contribution >= 4 is 27.8 Å². The van der Waals surface area contributed by atoms with E-state index in [2.05, 4.69) is 88.7 Å². The van der Waals surface area contributed by atoms with Gasteiger partial charge in [0.2, 0.25) is 0 Å². The highest BCUT2D eigenvalue weighted by molar-refractivity contribution is 5.88. The molecular weight excluding hydrogens is 454 g/mol. The Morgan fingerprint density at radius 3 is 2.35 bits per heavy atom. The minimum absolute atomic E-state index is 0.494. The summed E-state index contributed by atoms with van der Waals surface area (Å²) in [5, 5.41) is 2.31. The molecule has 0 aliphatic carbocycles. The van der Waals surface area contributed by atoms with Gasteiger partial charge in [-0.05, 0) is 53.9 Å². The van der Waals surface area contributed by atoms with E-state index in [9.17, 15) is 0 Å². The first-order chi connectivity index (χ1) is 18.3. The Morgan fingerprint density at radius 2 is 1.43 bits per heavy atom. The highest BCUT2D eigenvalue weighted by Gasteiger charge is 2.24. The third kappa shape index (κ3) is 3.89. The van der Waals surface area contributed by atoms with Crippen molar-refractivity contribution in [1.29, 1.82) is 0 Å². The summed E-state index contributed by atoms with van der Waals surface area (Å²) >= 11 is 0. The van der Waals surface area contributed by atoms with Crippen LogP contribution in [0, 0.1) is 0 Å². The van der Waals surface area contributed by atoms with E-state index in [-0.39, 0.29) is 0 Å². The summed E-state index contributed by atoms with van der Waals surface area (Å²) in [4.78, 5) is 11.6. The van der Waals surface area contributed by atoms with E-state index >= 15 is 0 Å². The van der Waals surface area contributed by atoms with Crippen molar-refractivity contribution in [3.63, 3.8) is 0 Å². The molecule has 3 heterocycles. The number of benzene rings is 4. The van der Waals surface area contributed by atoms with Crippen molar-refractivity contribution < 1.29 is 4.74 Å². The van der Waals surface area contributed by atoms with Crippen LogP contribution in [0.25, 0.3) is 33.3 Å². The average Bonchev–Trinajstić information content (AvgIpc) is 3.14. The Balaban J connectivity index is 1.41. The number of rotatable bonds is 3. The predicted octanol–water partition coefficient (Wildman–Crippen LogP) is 8.33. The standard InChI is InChI=1S/C33H23N3O/c1-2-9-26-21-35-30(19-23(26)8-1)25-15-16-27-22-37-33-14-4-3-13-31(33)36(32(27)20-25)28-11-7-10-24(18-28)29-12-5-6-17-34-29/h1-21H,22H2. The van der Waals surface area contributed by atoms with Gasteiger partial charge in [0.1, 0.15) is 12.4 Å². The van der Waals surface area contributed by atoms with Crippen molar-refractivity contribution in [3.05, 3.63) is 133 Å². The molecule has 0 N–H and O–H groups in total. The maximum absolute atomic E-state index is 6.28. The van der Waals surface area contributed by atoms with Crippen molar-refractivity contribution in [2.75, 3.05) is 4.90 Å². The molecule has 0 saturated heterocycles. The molecule has 0 fully saturated rings. The third-order valence-electron chi connectivity index (χ3n) is 6.81. The smallest absolute Gasteiger partial charge is 0.143 e. The van der Waals surface area contributed by atoms with Gasteiger partial charge in [-0.15, -0.1) is 0 Å². The fourth-order valence-corrected chi connectivity index (χ4v) is 4.96. The van der Waals surface area contributed by atoms with Gasteiger partial charge in [0.15, 0.2) is 0 Å². The fraction of sp³-hybridized carbons (Fsp3) is 0.0303. The molecule has 1 aliphatic rings. The van der Waals surface area contributed by atoms with Crippen LogP contribution in [0.2, 0.25) is 0 Å². The first-order valence-corrected chi connectivity index (χ1v) is 12.3. The molecule has 4 aromatic carbocycles. The summed E-state index contributed by atoms with van der Waals surface area (Å²) in [7, 11) is 0. The molecule has 4 nitrogen and oxygen atoms in total. The zero-order valence-electron chi connectivity index (χ0n) is 20.1. The molecule has 0 saturated carbocycles. The van der Waals surface area contributed by atoms with Crippen molar-refractivity contribution in [2.24, 2.45) is 0 Å². The molecule has 2 aromatic heterocycles. The number of anilines is 3. The zero-order valence-corrected chi connectivity index (χ0v) is 20.1. The second-order valence-corrected chi connectivity index (χ2v) is 9.12. The SMILES string of the molecule is c1ccc(-c2cccc(N3c4cc(-c5cc6ccccc6cn5)ccc4COc4ccccc43)c2)nc1. The Kier molecular flexibility index (Phi) is 5.14. The molecular formula is C33H23N3O. The number of aromatic nitrogens is 2. The maximum Gasteiger partial charge on any atom is 0.143 e. The summed E-state index contributed by atoms with van der Waals surface area (Å²) < 4.78 is 6.28. The molecule has 4 heteroatoms. The van der Waals surface area contributed by atoms with E-state index < -0.39 is 0 Å². The van der Waals surface area contributed by atoms with Crippen LogP contribution >= 0.6 is 0 Å². The van der Waals surface area contributed by atoms with Crippen LogP contribution in [0.4, 0.5) is 17.1 Å². The van der Waals surface area contributed by atoms with Gasteiger partial charge < -0.3 is 9.64 Å². The average molecular weight is 478 g/mol. The van der Waals surface area contributed by atoms with Crippen LogP contribution < -0.4 is 9.64 Å². The molecule has 0 amide bonds. The third-order valence-corrected chi connectivity index (χ3v) is 6.81. The first kappa shape index (κ1) is 21.3. The second-order valence-electron chi connectivity index (χ2n) is 9.12. The normalized spacial score (nSPS) is 12.4. The van der Waals surface area contributed by atoms with Gasteiger partial charge in [0, 0.05) is 40.2 Å². The monoisotopic (exact) mass is 477 g/mol. The molecule has 176 valence electrons. The van der Waals surface area contributed by atoms with Crippen LogP contribution in [0.3, 0.4) is 0 Å². The van der Waals surface area contributed by atoms with E-state index in [1.807, 2.05) is 48.8 Å². The number of hydrogen-bond donors (Lipinski definition) is 0. The van der Waals surface area contributed by atoms with Crippen LogP contribution in [0.15, 0.2) is 128 Å². The largest absolute Gasteiger partial charge is 0.487 e. The predicted molar refractivity (Wildman–Crippen MR) is 149 cm³/mol. The second kappa shape index (κ2) is 8.92. The first-order valence-electron chi connectivity index (χ1n) is 12.3. The van der Waals surface area contributed by atoms with Gasteiger partial charge >= 0.3 is 0 Å². The number of para-hydroxylation sites is 2. The number of hydrogen-bond acceptors (Lipinski definition) is 4. The number of pyridine rings is 2. The van der Waals surface area contributed by atoms with E-state index in [4.69, 9.17) is 9.72 Å². The van der Waals surface area contributed by atoms with Crippen LogP contribution in [0.5, 0.6) is 5.75 Å². The molecule has 0 unspecified atom stereocenters. The zero-order chi connectivity index (χ0) is 24.6. The molecule has 7 rings (SSSR count). The molecule has 0 bridgehead atoms. The van der Waals surface area contributed by atoms with Gasteiger partial charge in [-0.25, -0.2) is 0 Å². The molecule has 0 spiro atoms. The Morgan fingerprint density at radius 1 is 0.595 bits per heavy atom. The molecule has 0 radical (unpaired) electrons. The molecule has 6 aromatic rings. The van der Waals surface area contributed by atoms with Crippen molar-refractivity contribution in [3.8, 4) is 28.3 Å². The minimum atomic E-state index is 0.494. The highest BCUT2D eigenvalue weighted by Crippen LogP contribution is 2.46. The van der Waals surface area contributed by atoms with Crippen LogP contribution in [-0.2, 0) is 6.61 Å². The summed E-state index contributed by atoms with van der Waals surface area (Å²) in [5.41, 5.74) is 8.26.